The molecule has 0 unspecified atom stereocenters. The van der Waals surface area contributed by atoms with Crippen LogP contribution in [0.25, 0.3) is 11.1 Å². The standard InChI is InChI=1S/C34H32F3N5O6/c1-41-28(15-26(40-41)32(36)37)34(45)42-9-8-30-27(17-42)39-33(44)21-6-7-29(46-2)25(13-21)20-4-3-5-23(12-20)47-18-31(43)38-16-19-10-22(35)14-24(11-19)48-30/h3-7,10-15,27,30,32H,8-9,16-18H2,1-2H3,(H,38,43)(H,39,44)/t27-,30-/m1/s1. The molecule has 48 heavy (non-hydrogen) atoms. The fraction of sp³-hybridized carbons (Fsp3) is 0.294. The van der Waals surface area contributed by atoms with Crippen LogP contribution in [0.1, 0.15) is 45.0 Å². The first-order valence-electron chi connectivity index (χ1n) is 15.1. The van der Waals surface area contributed by atoms with Gasteiger partial charge in [-0.3, -0.25) is 19.1 Å². The second-order valence-electron chi connectivity index (χ2n) is 11.5. The van der Waals surface area contributed by atoms with E-state index in [-0.39, 0.29) is 49.7 Å². The normalized spacial score (nSPS) is 18.2. The maximum atomic E-state index is 14.7. The molecule has 0 aliphatic carbocycles. The number of carbonyl (C=O) groups excluding carboxylic acids is 3. The molecular weight excluding hydrogens is 631 g/mol. The summed E-state index contributed by atoms with van der Waals surface area (Å²) in [5.41, 5.74) is 1.40. The molecule has 2 atom stereocenters. The Balaban J connectivity index is 1.36. The number of hydrogen-bond donors (Lipinski definition) is 2. The van der Waals surface area contributed by atoms with Crippen molar-refractivity contribution in [2.75, 3.05) is 26.8 Å². The zero-order chi connectivity index (χ0) is 33.9. The number of methoxy groups -OCH3 is 1. The van der Waals surface area contributed by atoms with Gasteiger partial charge >= 0.3 is 0 Å². The Morgan fingerprint density at radius 1 is 1.04 bits per heavy atom. The number of benzene rings is 3. The van der Waals surface area contributed by atoms with Gasteiger partial charge in [0.1, 0.15) is 40.6 Å². The summed E-state index contributed by atoms with van der Waals surface area (Å²) in [4.78, 5) is 41.3. The van der Waals surface area contributed by atoms with E-state index in [1.165, 1.54) is 31.2 Å². The summed E-state index contributed by atoms with van der Waals surface area (Å²) in [6.07, 6.45) is -3.34. The van der Waals surface area contributed by atoms with Crippen molar-refractivity contribution in [2.45, 2.75) is 31.5 Å². The maximum Gasteiger partial charge on any atom is 0.282 e. The fourth-order valence-electron chi connectivity index (χ4n) is 5.80. The number of halogens is 3. The van der Waals surface area contributed by atoms with Crippen LogP contribution in [0, 0.1) is 5.82 Å². The van der Waals surface area contributed by atoms with Crippen molar-refractivity contribution >= 4 is 17.7 Å². The minimum atomic E-state index is -2.85. The fourth-order valence-corrected chi connectivity index (χ4v) is 5.80. The van der Waals surface area contributed by atoms with Gasteiger partial charge in [-0.1, -0.05) is 12.1 Å². The number of fused-ring (bicyclic) bond motifs is 8. The number of aromatic nitrogens is 2. The largest absolute Gasteiger partial charge is 0.496 e. The summed E-state index contributed by atoms with van der Waals surface area (Å²) in [5.74, 6) is -0.990. The lowest BCUT2D eigenvalue weighted by Crippen LogP contribution is -2.58. The van der Waals surface area contributed by atoms with Gasteiger partial charge in [-0.15, -0.1) is 0 Å². The highest BCUT2D eigenvalue weighted by atomic mass is 19.3. The predicted octanol–water partition coefficient (Wildman–Crippen LogP) is 4.27. The van der Waals surface area contributed by atoms with E-state index in [1.807, 2.05) is 6.07 Å². The molecular formula is C34H32F3N5O6. The van der Waals surface area contributed by atoms with Gasteiger partial charge < -0.3 is 29.7 Å². The summed E-state index contributed by atoms with van der Waals surface area (Å²) in [6.45, 7) is -0.169. The number of likely N-dealkylation sites (tertiary alicyclic amines) is 1. The molecule has 3 aromatic carbocycles. The van der Waals surface area contributed by atoms with E-state index >= 15 is 0 Å². The summed E-state index contributed by atoms with van der Waals surface area (Å²) < 4.78 is 59.9. The quantitative estimate of drug-likeness (QED) is 0.336. The van der Waals surface area contributed by atoms with Gasteiger partial charge in [0, 0.05) is 50.3 Å². The van der Waals surface area contributed by atoms with E-state index in [9.17, 15) is 27.6 Å². The maximum absolute atomic E-state index is 14.7. The molecule has 11 nitrogen and oxygen atoms in total. The van der Waals surface area contributed by atoms with Crippen molar-refractivity contribution < 1.29 is 41.8 Å². The van der Waals surface area contributed by atoms with Crippen LogP contribution in [0.15, 0.2) is 66.7 Å². The molecule has 0 spiro atoms. The van der Waals surface area contributed by atoms with E-state index in [0.29, 0.717) is 28.2 Å². The Morgan fingerprint density at radius 3 is 2.65 bits per heavy atom. The molecule has 0 saturated carbocycles. The Kier molecular flexibility index (Phi) is 9.24. The number of aryl methyl sites for hydroxylation is 1. The molecule has 2 aliphatic heterocycles. The van der Waals surface area contributed by atoms with Crippen molar-refractivity contribution in [1.82, 2.24) is 25.3 Å². The Morgan fingerprint density at radius 2 is 1.88 bits per heavy atom. The number of nitrogens with zero attached hydrogens (tertiary/aromatic N) is 3. The topological polar surface area (TPSA) is 124 Å². The van der Waals surface area contributed by atoms with Crippen LogP contribution in [0.3, 0.4) is 0 Å². The molecule has 14 heteroatoms. The van der Waals surface area contributed by atoms with Gasteiger partial charge in [-0.2, -0.15) is 5.10 Å². The summed E-state index contributed by atoms with van der Waals surface area (Å²) >= 11 is 0. The first kappa shape index (κ1) is 32.4. The predicted molar refractivity (Wildman–Crippen MR) is 167 cm³/mol. The summed E-state index contributed by atoms with van der Waals surface area (Å²) in [7, 11) is 2.91. The molecule has 6 bridgehead atoms. The van der Waals surface area contributed by atoms with E-state index < -0.39 is 47.8 Å². The van der Waals surface area contributed by atoms with Crippen LogP contribution in [0.4, 0.5) is 13.2 Å². The van der Waals surface area contributed by atoms with Crippen LogP contribution in [-0.4, -0.2) is 71.4 Å². The lowest BCUT2D eigenvalue weighted by molar-refractivity contribution is -0.123. The number of alkyl halides is 2. The number of carbonyl (C=O) groups is 3. The highest BCUT2D eigenvalue weighted by Crippen LogP contribution is 2.33. The highest BCUT2D eigenvalue weighted by Gasteiger charge is 2.36. The number of amides is 3. The molecule has 1 saturated heterocycles. The lowest BCUT2D eigenvalue weighted by Gasteiger charge is -2.39. The van der Waals surface area contributed by atoms with Crippen LogP contribution < -0.4 is 24.8 Å². The second kappa shape index (κ2) is 13.7. The Labute approximate surface area is 273 Å². The zero-order valence-corrected chi connectivity index (χ0v) is 26.0. The Bertz CT molecular complexity index is 1860. The van der Waals surface area contributed by atoms with Crippen molar-refractivity contribution in [3.63, 3.8) is 0 Å². The average Bonchev–Trinajstić information content (AvgIpc) is 3.47. The SMILES string of the molecule is COc1ccc2cc1-c1cccc(c1)OCC(=O)NCc1cc(F)cc(c1)O[C@@H]1CCN(C(=O)c3cc(C(F)F)nn3C)C[C@H]1NC2=O. The Hall–Kier alpha value is -5.53. The van der Waals surface area contributed by atoms with Gasteiger partial charge in [0.25, 0.3) is 24.1 Å². The smallest absolute Gasteiger partial charge is 0.282 e. The van der Waals surface area contributed by atoms with Gasteiger partial charge in [-0.05, 0) is 59.7 Å². The third-order valence-electron chi connectivity index (χ3n) is 8.18. The van der Waals surface area contributed by atoms with Crippen LogP contribution in [0.5, 0.6) is 17.2 Å². The van der Waals surface area contributed by atoms with Crippen LogP contribution in [-0.2, 0) is 18.4 Å². The van der Waals surface area contributed by atoms with E-state index in [0.717, 1.165) is 10.7 Å². The highest BCUT2D eigenvalue weighted by molar-refractivity contribution is 5.97. The minimum absolute atomic E-state index is 0.00218. The number of nitrogens with one attached hydrogen (secondary N) is 2. The minimum Gasteiger partial charge on any atom is -0.496 e. The first-order chi connectivity index (χ1) is 23.1. The molecule has 3 heterocycles. The van der Waals surface area contributed by atoms with Gasteiger partial charge in [-0.25, -0.2) is 13.2 Å². The number of hydrogen-bond acceptors (Lipinski definition) is 7. The van der Waals surface area contributed by atoms with E-state index in [2.05, 4.69) is 15.7 Å². The average molecular weight is 664 g/mol. The second-order valence-corrected chi connectivity index (χ2v) is 11.5. The third kappa shape index (κ3) is 7.06. The molecule has 2 N–H and O–H groups in total. The monoisotopic (exact) mass is 663 g/mol. The van der Waals surface area contributed by atoms with Gasteiger partial charge in [0.15, 0.2) is 6.61 Å². The van der Waals surface area contributed by atoms with Crippen LogP contribution >= 0.6 is 0 Å². The lowest BCUT2D eigenvalue weighted by atomic mass is 9.99. The first-order valence-corrected chi connectivity index (χ1v) is 15.1. The van der Waals surface area contributed by atoms with Gasteiger partial charge in [0.2, 0.25) is 0 Å². The van der Waals surface area contributed by atoms with Crippen molar-refractivity contribution in [3.05, 3.63) is 95.1 Å². The van der Waals surface area contributed by atoms with Crippen molar-refractivity contribution in [2.24, 2.45) is 7.05 Å². The summed E-state index contributed by atoms with van der Waals surface area (Å²) in [5, 5.41) is 9.43. The molecule has 1 fully saturated rings. The van der Waals surface area contributed by atoms with Crippen molar-refractivity contribution in [3.8, 4) is 28.4 Å². The molecule has 0 radical (unpaired) electrons. The molecule has 6 rings (SSSR count). The third-order valence-corrected chi connectivity index (χ3v) is 8.18. The zero-order valence-electron chi connectivity index (χ0n) is 26.0. The van der Waals surface area contributed by atoms with Crippen molar-refractivity contribution in [1.29, 1.82) is 0 Å². The van der Waals surface area contributed by atoms with E-state index in [4.69, 9.17) is 14.2 Å². The molecule has 3 amide bonds. The molecule has 2 aliphatic rings. The number of piperidine rings is 1. The van der Waals surface area contributed by atoms with Gasteiger partial charge in [0.05, 0.1) is 13.2 Å². The van der Waals surface area contributed by atoms with Crippen LogP contribution in [0.2, 0.25) is 0 Å². The van der Waals surface area contributed by atoms with E-state index in [1.54, 1.807) is 42.5 Å². The number of ether oxygens (including phenoxy) is 3. The molecule has 250 valence electrons. The molecule has 4 aromatic rings. The molecule has 1 aromatic heterocycles. The summed E-state index contributed by atoms with van der Waals surface area (Å²) in [6, 6.07) is 16.1. The number of rotatable bonds is 3.